The second-order valence-electron chi connectivity index (χ2n) is 18.1. The Bertz CT molecular complexity index is 2200. The van der Waals surface area contributed by atoms with Gasteiger partial charge in [-0.25, -0.2) is 0 Å². The molecule has 5 aliphatic carbocycles. The first-order valence-corrected chi connectivity index (χ1v) is 20.0. The van der Waals surface area contributed by atoms with Crippen LogP contribution in [0.15, 0.2) is 125 Å². The Morgan fingerprint density at radius 2 is 1.26 bits per heavy atom. The van der Waals surface area contributed by atoms with E-state index in [1.54, 1.807) is 11.1 Å². The molecule has 6 unspecified atom stereocenters. The lowest BCUT2D eigenvalue weighted by molar-refractivity contribution is -0.235. The van der Waals surface area contributed by atoms with Crippen LogP contribution in [-0.4, -0.2) is 0 Å². The number of benzene rings is 5. The molecule has 0 aromatic heterocycles. The van der Waals surface area contributed by atoms with E-state index in [4.69, 9.17) is 0 Å². The highest BCUT2D eigenvalue weighted by molar-refractivity contribution is 7.99. The van der Waals surface area contributed by atoms with E-state index in [1.165, 1.54) is 87.6 Å². The molecule has 0 radical (unpaired) electrons. The molecule has 2 bridgehead atoms. The third kappa shape index (κ3) is 3.67. The molecule has 6 aliphatic rings. The normalized spacial score (nSPS) is 31.1. The molecule has 0 amide bonds. The fourth-order valence-corrected chi connectivity index (χ4v) is 14.2. The molecule has 250 valence electrons. The number of fused-ring (bicyclic) bond motifs is 8. The lowest BCUT2D eigenvalue weighted by Crippen LogP contribution is -2.74. The predicted octanol–water partition coefficient (Wildman–Crippen LogP) is 13.0. The van der Waals surface area contributed by atoms with Gasteiger partial charge in [-0.05, 0) is 154 Å². The van der Waals surface area contributed by atoms with Crippen LogP contribution in [0.3, 0.4) is 0 Å². The van der Waals surface area contributed by atoms with Gasteiger partial charge >= 0.3 is 0 Å². The fraction of sp³-hybridized carbons (Fsp3) is 0.375. The van der Waals surface area contributed by atoms with Crippen LogP contribution in [0.25, 0.3) is 11.1 Å². The van der Waals surface area contributed by atoms with Gasteiger partial charge in [0.2, 0.25) is 0 Å². The maximum absolute atomic E-state index is 2.56. The lowest BCUT2D eigenvalue weighted by Gasteiger charge is -2.78. The van der Waals surface area contributed by atoms with Gasteiger partial charge in [-0.2, -0.15) is 0 Å². The third-order valence-corrected chi connectivity index (χ3v) is 16.2. The van der Waals surface area contributed by atoms with Crippen LogP contribution in [-0.2, 0) is 16.2 Å². The Balaban J connectivity index is 0.997. The molecule has 50 heavy (non-hydrogen) atoms. The topological polar surface area (TPSA) is 3.24 Å². The molecule has 1 nitrogen and oxygen atoms in total. The highest BCUT2D eigenvalue weighted by Gasteiger charge is 2.84. The van der Waals surface area contributed by atoms with Gasteiger partial charge in [0.1, 0.15) is 0 Å². The summed E-state index contributed by atoms with van der Waals surface area (Å²) in [5.74, 6) is 3.67. The molecule has 2 heteroatoms. The van der Waals surface area contributed by atoms with Gasteiger partial charge < -0.3 is 4.90 Å². The van der Waals surface area contributed by atoms with Crippen molar-refractivity contribution in [3.63, 3.8) is 0 Å². The highest BCUT2D eigenvalue weighted by atomic mass is 32.2. The standard InChI is InChI=1S/C48H47NS/c1-45(2)23-24-46(3,4)44-38(45)14-10-15-39(44)49(34-11-6-5-7-12-34)35-20-17-31(18-21-35)32-19-22-37-41(27-32)50-40-16-9-8-13-36(40)48(37)42-26-30-25-33-28-43(48)47(33,42)29-30/h5-22,27,30,33,42-43H,23-26,28-29H2,1-4H3. The van der Waals surface area contributed by atoms with Crippen molar-refractivity contribution in [1.82, 2.24) is 0 Å². The van der Waals surface area contributed by atoms with E-state index in [2.05, 4.69) is 148 Å². The number of hydrogen-bond acceptors (Lipinski definition) is 2. The Morgan fingerprint density at radius 1 is 0.580 bits per heavy atom. The monoisotopic (exact) mass is 669 g/mol. The first kappa shape index (κ1) is 29.9. The molecule has 11 rings (SSSR count). The van der Waals surface area contributed by atoms with Crippen LogP contribution >= 0.6 is 11.8 Å². The summed E-state index contributed by atoms with van der Waals surface area (Å²) < 4.78 is 0. The smallest absolute Gasteiger partial charge is 0.0502 e. The van der Waals surface area contributed by atoms with Crippen LogP contribution in [0.4, 0.5) is 17.1 Å². The van der Waals surface area contributed by atoms with Crippen molar-refractivity contribution < 1.29 is 0 Å². The van der Waals surface area contributed by atoms with Crippen molar-refractivity contribution in [2.45, 2.75) is 92.3 Å². The van der Waals surface area contributed by atoms with E-state index in [0.717, 1.165) is 23.7 Å². The van der Waals surface area contributed by atoms with Gasteiger partial charge in [-0.3, -0.25) is 0 Å². The van der Waals surface area contributed by atoms with E-state index in [9.17, 15) is 0 Å². The summed E-state index contributed by atoms with van der Waals surface area (Å²) in [6, 6.07) is 44.4. The van der Waals surface area contributed by atoms with Crippen LogP contribution in [0.5, 0.6) is 0 Å². The molecule has 4 saturated carbocycles. The summed E-state index contributed by atoms with van der Waals surface area (Å²) in [6.45, 7) is 9.73. The SMILES string of the molecule is CC1(C)CCC(C)(C)c2c(N(c3ccccc3)c3ccc(-c4ccc5c(c4)Sc4ccccc4C54C5CC6CC7CC4C75C6)cc3)cccc21. The van der Waals surface area contributed by atoms with Gasteiger partial charge in [0.15, 0.2) is 0 Å². The Hall–Kier alpha value is -3.75. The van der Waals surface area contributed by atoms with Crippen molar-refractivity contribution in [2.24, 2.45) is 29.1 Å². The summed E-state index contributed by atoms with van der Waals surface area (Å²) in [6.07, 6.45) is 8.34. The van der Waals surface area contributed by atoms with E-state index < -0.39 is 0 Å². The molecule has 0 saturated heterocycles. The third-order valence-electron chi connectivity index (χ3n) is 15.0. The second-order valence-corrected chi connectivity index (χ2v) is 19.1. The zero-order chi connectivity index (χ0) is 33.6. The van der Waals surface area contributed by atoms with E-state index in [-0.39, 0.29) is 16.2 Å². The molecule has 6 atom stereocenters. The molecule has 1 aliphatic heterocycles. The molecule has 2 spiro atoms. The summed E-state index contributed by atoms with van der Waals surface area (Å²) in [4.78, 5) is 5.50. The summed E-state index contributed by atoms with van der Waals surface area (Å²) in [5, 5.41) is 0. The number of hydrogen-bond donors (Lipinski definition) is 0. The molecular weight excluding hydrogens is 623 g/mol. The van der Waals surface area contributed by atoms with Crippen LogP contribution in [0, 0.1) is 29.1 Å². The van der Waals surface area contributed by atoms with Gasteiger partial charge in [0.25, 0.3) is 0 Å². The zero-order valence-corrected chi connectivity index (χ0v) is 30.7. The van der Waals surface area contributed by atoms with Crippen molar-refractivity contribution in [2.75, 3.05) is 4.90 Å². The average Bonchev–Trinajstić information content (AvgIpc) is 3.66. The number of anilines is 3. The van der Waals surface area contributed by atoms with Crippen molar-refractivity contribution in [3.05, 3.63) is 138 Å². The van der Waals surface area contributed by atoms with Gasteiger partial charge in [0.05, 0.1) is 5.69 Å². The Morgan fingerprint density at radius 3 is 2.08 bits per heavy atom. The van der Waals surface area contributed by atoms with Gasteiger partial charge in [-0.1, -0.05) is 112 Å². The minimum absolute atomic E-state index is 0.101. The Kier molecular flexibility index (Phi) is 5.97. The van der Waals surface area contributed by atoms with Crippen LogP contribution in [0.2, 0.25) is 0 Å². The molecular formula is C48H47NS. The van der Waals surface area contributed by atoms with Crippen molar-refractivity contribution in [1.29, 1.82) is 0 Å². The first-order chi connectivity index (χ1) is 24.2. The molecule has 5 aromatic rings. The largest absolute Gasteiger partial charge is 0.310 e. The number of nitrogens with zero attached hydrogens (tertiary/aromatic N) is 1. The fourth-order valence-electron chi connectivity index (χ4n) is 13.0. The van der Waals surface area contributed by atoms with Gasteiger partial charge in [0, 0.05) is 26.6 Å². The van der Waals surface area contributed by atoms with Crippen LogP contribution in [0.1, 0.15) is 88.5 Å². The minimum Gasteiger partial charge on any atom is -0.310 e. The summed E-state index contributed by atoms with van der Waals surface area (Å²) >= 11 is 2.02. The van der Waals surface area contributed by atoms with E-state index in [1.807, 2.05) is 11.8 Å². The first-order valence-electron chi connectivity index (χ1n) is 19.2. The minimum atomic E-state index is 0.101. The predicted molar refractivity (Wildman–Crippen MR) is 208 cm³/mol. The molecule has 1 heterocycles. The quantitative estimate of drug-likeness (QED) is 0.187. The number of rotatable bonds is 4. The second kappa shape index (κ2) is 9.97. The molecule has 0 N–H and O–H groups in total. The summed E-state index contributed by atoms with van der Waals surface area (Å²) in [7, 11) is 0. The van der Waals surface area contributed by atoms with Crippen molar-refractivity contribution >= 4 is 28.8 Å². The maximum atomic E-state index is 2.56. The lowest BCUT2D eigenvalue weighted by atomic mass is 9.26. The maximum Gasteiger partial charge on any atom is 0.0502 e. The van der Waals surface area contributed by atoms with Gasteiger partial charge in [-0.15, -0.1) is 0 Å². The number of para-hydroxylation sites is 1. The Labute approximate surface area is 302 Å². The van der Waals surface area contributed by atoms with E-state index in [0.29, 0.717) is 5.41 Å². The molecule has 4 fully saturated rings. The average molecular weight is 670 g/mol. The van der Waals surface area contributed by atoms with E-state index >= 15 is 0 Å². The van der Waals surface area contributed by atoms with Crippen molar-refractivity contribution in [3.8, 4) is 11.1 Å². The summed E-state index contributed by atoms with van der Waals surface area (Å²) in [5.41, 5.74) is 13.8. The highest BCUT2D eigenvalue weighted by Crippen LogP contribution is 2.89. The molecule has 5 aromatic carbocycles. The zero-order valence-electron chi connectivity index (χ0n) is 29.9. The van der Waals surface area contributed by atoms with Crippen LogP contribution < -0.4 is 4.90 Å².